The average Bonchev–Trinajstić information content (AvgIpc) is 3.50. The number of nitro benzene ring substituents is 1. The Balaban J connectivity index is 1.36. The topological polar surface area (TPSA) is 136 Å². The maximum absolute atomic E-state index is 14.6. The van der Waals surface area contributed by atoms with Crippen molar-refractivity contribution in [2.45, 2.75) is 166 Å². The first-order valence-corrected chi connectivity index (χ1v) is 24.3. The third kappa shape index (κ3) is 9.33. The zero-order valence-electron chi connectivity index (χ0n) is 36.3. The summed E-state index contributed by atoms with van der Waals surface area (Å²) in [6.07, 6.45) is 12.2. The molecule has 6 rings (SSSR count). The number of carbonyl (C=O) groups excluding carboxylic acids is 1. The van der Waals surface area contributed by atoms with E-state index in [9.17, 15) is 20.0 Å². The molecule has 1 aromatic rings. The van der Waals surface area contributed by atoms with Crippen LogP contribution in [0.3, 0.4) is 0 Å². The second-order valence-corrected chi connectivity index (χ2v) is 23.8. The molecule has 58 heavy (non-hydrogen) atoms. The lowest BCUT2D eigenvalue weighted by Crippen LogP contribution is -2.60. The molecule has 11 atom stereocenters. The lowest BCUT2D eigenvalue weighted by molar-refractivity contribution is -0.384. The van der Waals surface area contributed by atoms with Crippen LogP contribution in [0.5, 0.6) is 0 Å². The van der Waals surface area contributed by atoms with Crippen molar-refractivity contribution in [3.05, 3.63) is 87.0 Å². The molecule has 0 amide bonds. The highest BCUT2D eigenvalue weighted by molar-refractivity contribution is 6.74. The van der Waals surface area contributed by atoms with Gasteiger partial charge in [0.25, 0.3) is 5.69 Å². The summed E-state index contributed by atoms with van der Waals surface area (Å²) >= 11 is 0. The summed E-state index contributed by atoms with van der Waals surface area (Å²) in [6, 6.07) is 6.59. The van der Waals surface area contributed by atoms with Crippen LogP contribution in [0.4, 0.5) is 5.69 Å². The van der Waals surface area contributed by atoms with E-state index >= 15 is 0 Å². The number of non-ortho nitro benzene ring substituents is 1. The minimum atomic E-state index is -2.33. The number of nitrogens with zero attached hydrogens (tertiary/aromatic N) is 1. The minimum absolute atomic E-state index is 0.0340. The molecule has 1 spiro atoms. The van der Waals surface area contributed by atoms with Gasteiger partial charge in [-0.2, -0.15) is 0 Å². The van der Waals surface area contributed by atoms with Crippen LogP contribution in [-0.4, -0.2) is 85.5 Å². The van der Waals surface area contributed by atoms with Gasteiger partial charge in [0, 0.05) is 37.3 Å². The summed E-state index contributed by atoms with van der Waals surface area (Å²) in [5, 5.41) is 24.1. The van der Waals surface area contributed by atoms with Crippen molar-refractivity contribution < 1.29 is 42.9 Å². The lowest BCUT2D eigenvalue weighted by Gasteiger charge is -2.50. The smallest absolute Gasteiger partial charge is 0.316 e. The maximum Gasteiger partial charge on any atom is 0.316 e. The van der Waals surface area contributed by atoms with Crippen LogP contribution in [-0.2, 0) is 39.3 Å². The molecule has 2 bridgehead atoms. The highest BCUT2D eigenvalue weighted by atomic mass is 28.4. The van der Waals surface area contributed by atoms with Gasteiger partial charge in [0.15, 0.2) is 14.1 Å². The fraction of sp³-hybridized carbons (Fsp3) is 0.674. The molecule has 0 saturated carbocycles. The van der Waals surface area contributed by atoms with Gasteiger partial charge < -0.3 is 33.2 Å². The summed E-state index contributed by atoms with van der Waals surface area (Å²) in [4.78, 5) is 25.4. The van der Waals surface area contributed by atoms with Crippen molar-refractivity contribution in [1.82, 2.24) is 0 Å². The standard InChI is InChI=1S/C46H67NO10Si/c1-11-39-29(2)21-23-45(56-39)27-37-26-36(55-45)20-15-31(4)40(52-24-22-33-16-18-35(19-17-33)47(50)51)30(3)13-12-14-34-28-53-42-41(57-58(9,10)44(6,7)8)32(5)25-38(43(48)54-37)46(34,42)49/h12-19,25,29-30,36-42,49H,11,20-24,26-28H2,1-10H3/b13-12+,31-15+,34-14+/t29-,30-,36+,37-,38-,39+,40+,41+,42+,45+,46+/m0/s1. The summed E-state index contributed by atoms with van der Waals surface area (Å²) in [5.74, 6) is -2.05. The predicted molar refractivity (Wildman–Crippen MR) is 226 cm³/mol. The summed E-state index contributed by atoms with van der Waals surface area (Å²) < 4.78 is 40.3. The molecule has 1 N–H and O–H groups in total. The molecular formula is C46H67NO10Si. The van der Waals surface area contributed by atoms with Crippen LogP contribution in [0.1, 0.15) is 99.5 Å². The molecule has 5 aliphatic rings. The zero-order valence-corrected chi connectivity index (χ0v) is 37.3. The van der Waals surface area contributed by atoms with Crippen molar-refractivity contribution in [3.63, 3.8) is 0 Å². The number of carbonyl (C=O) groups is 1. The summed E-state index contributed by atoms with van der Waals surface area (Å²) in [7, 11) is -2.33. The zero-order chi connectivity index (χ0) is 42.2. The number of aliphatic hydroxyl groups is 1. The van der Waals surface area contributed by atoms with E-state index in [-0.39, 0.29) is 41.6 Å². The van der Waals surface area contributed by atoms with Crippen molar-refractivity contribution >= 4 is 20.0 Å². The van der Waals surface area contributed by atoms with E-state index in [1.807, 2.05) is 25.2 Å². The first-order chi connectivity index (χ1) is 27.3. The monoisotopic (exact) mass is 821 g/mol. The van der Waals surface area contributed by atoms with Crippen LogP contribution < -0.4 is 0 Å². The normalized spacial score (nSPS) is 38.4. The number of rotatable bonds is 8. The Bertz CT molecular complexity index is 1780. The molecule has 1 aromatic carbocycles. The van der Waals surface area contributed by atoms with Gasteiger partial charge in [-0.05, 0) is 85.9 Å². The number of nitro groups is 1. The Morgan fingerprint density at radius 2 is 1.78 bits per heavy atom. The van der Waals surface area contributed by atoms with Crippen molar-refractivity contribution in [3.8, 4) is 0 Å². The van der Waals surface area contributed by atoms with E-state index in [0.717, 1.165) is 29.6 Å². The predicted octanol–water partition coefficient (Wildman–Crippen LogP) is 9.10. The average molecular weight is 822 g/mol. The lowest BCUT2D eigenvalue weighted by atomic mass is 9.71. The van der Waals surface area contributed by atoms with Gasteiger partial charge in [-0.3, -0.25) is 14.9 Å². The van der Waals surface area contributed by atoms with Gasteiger partial charge >= 0.3 is 5.97 Å². The van der Waals surface area contributed by atoms with E-state index in [0.29, 0.717) is 50.2 Å². The molecule has 0 radical (unpaired) electrons. The first-order valence-electron chi connectivity index (χ1n) is 21.4. The molecule has 320 valence electrons. The Hall–Kier alpha value is -2.97. The molecule has 0 aromatic heterocycles. The number of fused-ring (bicyclic) bond motifs is 2. The molecule has 3 fully saturated rings. The van der Waals surface area contributed by atoms with Gasteiger partial charge in [-0.15, -0.1) is 0 Å². The number of hydrogen-bond donors (Lipinski definition) is 1. The quantitative estimate of drug-likeness (QED) is 0.0890. The van der Waals surface area contributed by atoms with Gasteiger partial charge in [-0.1, -0.05) is 84.1 Å². The Morgan fingerprint density at radius 1 is 1.05 bits per heavy atom. The molecule has 11 nitrogen and oxygen atoms in total. The van der Waals surface area contributed by atoms with Crippen molar-refractivity contribution in [2.75, 3.05) is 13.2 Å². The highest BCUT2D eigenvalue weighted by Gasteiger charge is 2.61. The van der Waals surface area contributed by atoms with Gasteiger partial charge in [0.1, 0.15) is 23.7 Å². The van der Waals surface area contributed by atoms with Gasteiger partial charge in [0.05, 0.1) is 42.6 Å². The summed E-state index contributed by atoms with van der Waals surface area (Å²) in [5.41, 5.74) is 1.81. The highest BCUT2D eigenvalue weighted by Crippen LogP contribution is 2.50. The van der Waals surface area contributed by atoms with Crippen LogP contribution in [0.25, 0.3) is 0 Å². The Kier molecular flexibility index (Phi) is 13.5. The van der Waals surface area contributed by atoms with E-state index < -0.39 is 54.8 Å². The van der Waals surface area contributed by atoms with E-state index in [2.05, 4.69) is 73.7 Å². The fourth-order valence-corrected chi connectivity index (χ4v) is 10.5. The molecule has 4 aliphatic heterocycles. The molecule has 4 heterocycles. The van der Waals surface area contributed by atoms with E-state index in [4.69, 9.17) is 28.1 Å². The van der Waals surface area contributed by atoms with Crippen molar-refractivity contribution in [1.29, 1.82) is 0 Å². The van der Waals surface area contributed by atoms with Crippen LogP contribution in [0.2, 0.25) is 18.1 Å². The second-order valence-electron chi connectivity index (χ2n) is 19.1. The molecule has 1 aliphatic carbocycles. The van der Waals surface area contributed by atoms with E-state index in [1.165, 1.54) is 12.1 Å². The number of hydrogen-bond acceptors (Lipinski definition) is 10. The largest absolute Gasteiger partial charge is 0.462 e. The Labute approximate surface area is 346 Å². The van der Waals surface area contributed by atoms with Gasteiger partial charge in [0.2, 0.25) is 0 Å². The maximum atomic E-state index is 14.6. The molecular weight excluding hydrogens is 755 g/mol. The van der Waals surface area contributed by atoms with E-state index in [1.54, 1.807) is 12.1 Å². The number of allylic oxidation sites excluding steroid dienone is 2. The number of esters is 1. The fourth-order valence-electron chi connectivity index (χ4n) is 9.17. The number of benzene rings is 1. The minimum Gasteiger partial charge on any atom is -0.462 e. The Morgan fingerprint density at radius 3 is 2.45 bits per heavy atom. The second kappa shape index (κ2) is 17.6. The molecule has 0 unspecified atom stereocenters. The molecule has 12 heteroatoms. The first kappa shape index (κ1) is 44.6. The third-order valence-corrected chi connectivity index (χ3v) is 18.2. The van der Waals surface area contributed by atoms with Crippen LogP contribution in [0.15, 0.2) is 71.4 Å². The van der Waals surface area contributed by atoms with Crippen molar-refractivity contribution in [2.24, 2.45) is 17.8 Å². The van der Waals surface area contributed by atoms with Gasteiger partial charge in [-0.25, -0.2) is 0 Å². The SMILES string of the molecule is CC[C@H]1O[C@]2(CC[C@@H]1C)C[C@@H]1C[C@@H](C/C=C(\C)[C@H](OCCc3ccc([N+](=O)[O-])cc3)[C@@H](C)/C=C/C=C3\CO[C@@H]4[C@H](O[Si](C)(C)C(C)(C)C)C(C)=C[C@@H](C(=O)O1)[C@]34O)O2. The third-order valence-electron chi connectivity index (χ3n) is 13.8. The van der Waals surface area contributed by atoms with Crippen LogP contribution >= 0.6 is 0 Å². The summed E-state index contributed by atoms with van der Waals surface area (Å²) in [6.45, 7) is 22.0. The van der Waals surface area contributed by atoms with Crippen LogP contribution in [0, 0.1) is 27.9 Å². The molecule has 3 saturated heterocycles. The number of ether oxygens (including phenoxy) is 5.